The number of nitro groups is 1. The number of aromatic nitrogens is 1. The fraction of sp³-hybridized carbons (Fsp3) is 0.172. The van der Waals surface area contributed by atoms with Crippen LogP contribution in [0.4, 0.5) is 10.1 Å². The monoisotopic (exact) mass is 512 g/mol. The third-order valence-electron chi connectivity index (χ3n) is 6.81. The van der Waals surface area contributed by atoms with E-state index in [4.69, 9.17) is 0 Å². The Morgan fingerprint density at radius 2 is 1.39 bits per heavy atom. The molecule has 2 heterocycles. The zero-order valence-corrected chi connectivity index (χ0v) is 20.7. The molecule has 1 saturated heterocycles. The van der Waals surface area contributed by atoms with Crippen LogP contribution in [0.15, 0.2) is 84.9 Å². The number of nitro benzene ring substituents is 1. The Morgan fingerprint density at radius 3 is 1.97 bits per heavy atom. The van der Waals surface area contributed by atoms with Crippen molar-refractivity contribution in [3.8, 4) is 16.9 Å². The molecule has 2 amide bonds. The van der Waals surface area contributed by atoms with Gasteiger partial charge in [-0.05, 0) is 67.1 Å². The Balaban J connectivity index is 1.37. The van der Waals surface area contributed by atoms with Crippen LogP contribution in [0.3, 0.4) is 0 Å². The van der Waals surface area contributed by atoms with Gasteiger partial charge in [0.25, 0.3) is 17.5 Å². The summed E-state index contributed by atoms with van der Waals surface area (Å²) < 4.78 is 15.6. The van der Waals surface area contributed by atoms with Gasteiger partial charge in [0, 0.05) is 55.3 Å². The quantitative estimate of drug-likeness (QED) is 0.275. The standard InChI is InChI=1S/C29H25FN4O4/c1-20-26(19-27(21-7-11-23(30)12-8-21)33(20)24-5-3-2-4-6-24)29(36)32-17-15-31(16-18-32)28(35)22-9-13-25(14-10-22)34(37)38/h2-14,19H,15-18H2,1H3. The first-order valence-corrected chi connectivity index (χ1v) is 12.2. The van der Waals surface area contributed by atoms with Crippen molar-refractivity contribution < 1.29 is 18.9 Å². The van der Waals surface area contributed by atoms with Crippen molar-refractivity contribution in [1.82, 2.24) is 14.4 Å². The predicted octanol–water partition coefficient (Wildman–Crippen LogP) is 5.10. The van der Waals surface area contributed by atoms with Gasteiger partial charge in [-0.25, -0.2) is 4.39 Å². The summed E-state index contributed by atoms with van der Waals surface area (Å²) in [5.41, 5.74) is 4.07. The van der Waals surface area contributed by atoms with E-state index in [1.807, 2.05) is 47.9 Å². The minimum Gasteiger partial charge on any atom is -0.335 e. The molecule has 0 radical (unpaired) electrons. The summed E-state index contributed by atoms with van der Waals surface area (Å²) in [6.07, 6.45) is 0. The first-order chi connectivity index (χ1) is 18.3. The van der Waals surface area contributed by atoms with Gasteiger partial charge in [-0.1, -0.05) is 18.2 Å². The normalized spacial score (nSPS) is 13.4. The molecule has 0 aliphatic carbocycles. The van der Waals surface area contributed by atoms with E-state index >= 15 is 0 Å². The van der Waals surface area contributed by atoms with Crippen LogP contribution in [0.25, 0.3) is 16.9 Å². The molecule has 0 unspecified atom stereocenters. The Kier molecular flexibility index (Phi) is 6.74. The molecule has 192 valence electrons. The lowest BCUT2D eigenvalue weighted by Crippen LogP contribution is -2.50. The molecule has 0 spiro atoms. The van der Waals surface area contributed by atoms with Gasteiger partial charge in [0.1, 0.15) is 5.82 Å². The second kappa shape index (κ2) is 10.3. The van der Waals surface area contributed by atoms with Crippen LogP contribution < -0.4 is 0 Å². The number of halogens is 1. The van der Waals surface area contributed by atoms with Crippen molar-refractivity contribution in [2.45, 2.75) is 6.92 Å². The molecule has 0 N–H and O–H groups in total. The highest BCUT2D eigenvalue weighted by atomic mass is 19.1. The number of amides is 2. The SMILES string of the molecule is Cc1c(C(=O)N2CCN(C(=O)c3ccc([N+](=O)[O-])cc3)CC2)cc(-c2ccc(F)cc2)n1-c1ccccc1. The van der Waals surface area contributed by atoms with Crippen molar-refractivity contribution in [1.29, 1.82) is 0 Å². The number of non-ortho nitro benzene ring substituents is 1. The molecule has 1 aliphatic heterocycles. The van der Waals surface area contributed by atoms with Gasteiger partial charge in [-0.2, -0.15) is 0 Å². The van der Waals surface area contributed by atoms with E-state index in [0.717, 1.165) is 22.6 Å². The molecule has 0 saturated carbocycles. The zero-order valence-electron chi connectivity index (χ0n) is 20.7. The zero-order chi connectivity index (χ0) is 26.8. The van der Waals surface area contributed by atoms with Crippen molar-refractivity contribution in [2.24, 2.45) is 0 Å². The van der Waals surface area contributed by atoms with E-state index in [0.29, 0.717) is 37.3 Å². The molecule has 0 atom stereocenters. The summed E-state index contributed by atoms with van der Waals surface area (Å²) >= 11 is 0. The van der Waals surface area contributed by atoms with Gasteiger partial charge in [0.2, 0.25) is 0 Å². The van der Waals surface area contributed by atoms with Crippen molar-refractivity contribution in [2.75, 3.05) is 26.2 Å². The number of piperazine rings is 1. The van der Waals surface area contributed by atoms with E-state index in [1.54, 1.807) is 21.9 Å². The summed E-state index contributed by atoms with van der Waals surface area (Å²) in [4.78, 5) is 40.3. The molecular formula is C29H25FN4O4. The maximum absolute atomic E-state index is 13.6. The highest BCUT2D eigenvalue weighted by molar-refractivity contribution is 5.98. The topological polar surface area (TPSA) is 88.7 Å². The minimum atomic E-state index is -0.507. The molecule has 38 heavy (non-hydrogen) atoms. The lowest BCUT2D eigenvalue weighted by Gasteiger charge is -2.34. The van der Waals surface area contributed by atoms with Gasteiger partial charge >= 0.3 is 0 Å². The average molecular weight is 513 g/mol. The number of para-hydroxylation sites is 1. The van der Waals surface area contributed by atoms with Gasteiger partial charge in [-0.15, -0.1) is 0 Å². The Labute approximate surface area is 218 Å². The molecular weight excluding hydrogens is 487 g/mol. The predicted molar refractivity (Wildman–Crippen MR) is 141 cm³/mol. The number of rotatable bonds is 5. The first-order valence-electron chi connectivity index (χ1n) is 12.2. The van der Waals surface area contributed by atoms with Crippen LogP contribution in [-0.2, 0) is 0 Å². The van der Waals surface area contributed by atoms with E-state index in [9.17, 15) is 24.1 Å². The van der Waals surface area contributed by atoms with E-state index in [2.05, 4.69) is 0 Å². The minimum absolute atomic E-state index is 0.0743. The van der Waals surface area contributed by atoms with E-state index < -0.39 is 4.92 Å². The number of carbonyl (C=O) groups is 2. The lowest BCUT2D eigenvalue weighted by atomic mass is 10.1. The summed E-state index contributed by atoms with van der Waals surface area (Å²) in [7, 11) is 0. The fourth-order valence-electron chi connectivity index (χ4n) is 4.76. The molecule has 1 fully saturated rings. The number of benzene rings is 3. The second-order valence-corrected chi connectivity index (χ2v) is 9.09. The fourth-order valence-corrected chi connectivity index (χ4v) is 4.76. The van der Waals surface area contributed by atoms with Crippen LogP contribution in [0.5, 0.6) is 0 Å². The Morgan fingerprint density at radius 1 is 0.816 bits per heavy atom. The molecule has 1 aromatic heterocycles. The number of hydrogen-bond donors (Lipinski definition) is 0. The summed E-state index contributed by atoms with van der Waals surface area (Å²) in [6.45, 7) is 3.32. The van der Waals surface area contributed by atoms with E-state index in [-0.39, 0.29) is 23.3 Å². The van der Waals surface area contributed by atoms with Gasteiger partial charge in [0.05, 0.1) is 16.2 Å². The van der Waals surface area contributed by atoms with Crippen molar-refractivity contribution in [3.05, 3.63) is 118 Å². The third-order valence-corrected chi connectivity index (χ3v) is 6.81. The highest BCUT2D eigenvalue weighted by Gasteiger charge is 2.28. The van der Waals surface area contributed by atoms with Crippen LogP contribution in [-0.4, -0.2) is 57.3 Å². The van der Waals surface area contributed by atoms with Crippen LogP contribution in [0.2, 0.25) is 0 Å². The summed E-state index contributed by atoms with van der Waals surface area (Å²) in [5.74, 6) is -0.694. The largest absolute Gasteiger partial charge is 0.335 e. The average Bonchev–Trinajstić information content (AvgIpc) is 3.30. The van der Waals surface area contributed by atoms with Gasteiger partial charge in [-0.3, -0.25) is 19.7 Å². The third kappa shape index (κ3) is 4.78. The molecule has 5 rings (SSSR count). The lowest BCUT2D eigenvalue weighted by molar-refractivity contribution is -0.384. The van der Waals surface area contributed by atoms with Crippen LogP contribution in [0.1, 0.15) is 26.4 Å². The second-order valence-electron chi connectivity index (χ2n) is 9.09. The Bertz CT molecular complexity index is 1490. The molecule has 8 nitrogen and oxygen atoms in total. The van der Waals surface area contributed by atoms with Crippen LogP contribution >= 0.6 is 0 Å². The number of carbonyl (C=O) groups excluding carboxylic acids is 2. The summed E-state index contributed by atoms with van der Waals surface area (Å²) in [6, 6.07) is 23.2. The highest BCUT2D eigenvalue weighted by Crippen LogP contribution is 2.30. The number of hydrogen-bond acceptors (Lipinski definition) is 4. The molecule has 9 heteroatoms. The maximum atomic E-state index is 13.6. The number of nitrogens with zero attached hydrogens (tertiary/aromatic N) is 4. The summed E-state index contributed by atoms with van der Waals surface area (Å²) in [5, 5.41) is 10.9. The molecule has 1 aliphatic rings. The molecule has 4 aromatic rings. The van der Waals surface area contributed by atoms with Crippen molar-refractivity contribution in [3.63, 3.8) is 0 Å². The first kappa shape index (κ1) is 24.9. The molecule has 3 aromatic carbocycles. The maximum Gasteiger partial charge on any atom is 0.269 e. The Hall–Kier alpha value is -4.79. The smallest absolute Gasteiger partial charge is 0.269 e. The molecule has 0 bridgehead atoms. The van der Waals surface area contributed by atoms with Crippen LogP contribution in [0, 0.1) is 22.9 Å². The van der Waals surface area contributed by atoms with Gasteiger partial charge in [0.15, 0.2) is 0 Å². The van der Waals surface area contributed by atoms with Crippen molar-refractivity contribution >= 4 is 17.5 Å². The van der Waals surface area contributed by atoms with Gasteiger partial charge < -0.3 is 14.4 Å². The van der Waals surface area contributed by atoms with E-state index in [1.165, 1.54) is 36.4 Å².